The van der Waals surface area contributed by atoms with Crippen molar-refractivity contribution in [2.24, 2.45) is 11.7 Å². The van der Waals surface area contributed by atoms with Crippen LogP contribution in [0.5, 0.6) is 0 Å². The number of hydrogen-bond acceptors (Lipinski definition) is 5. The van der Waals surface area contributed by atoms with Gasteiger partial charge in [0.25, 0.3) is 0 Å². The summed E-state index contributed by atoms with van der Waals surface area (Å²) < 4.78 is 50.4. The van der Waals surface area contributed by atoms with Crippen LogP contribution in [0.1, 0.15) is 19.8 Å². The summed E-state index contributed by atoms with van der Waals surface area (Å²) in [6, 6.07) is -0.224. The molecule has 0 aliphatic heterocycles. The van der Waals surface area contributed by atoms with E-state index in [1.165, 1.54) is 6.92 Å². The molecule has 0 bridgehead atoms. The Labute approximate surface area is 109 Å². The Hall–Kier alpha value is -0.220. The molecule has 0 spiro atoms. The van der Waals surface area contributed by atoms with E-state index in [2.05, 4.69) is 9.44 Å². The average Bonchev–Trinajstić information content (AvgIpc) is 3.09. The van der Waals surface area contributed by atoms with E-state index in [1.807, 2.05) is 0 Å². The van der Waals surface area contributed by atoms with Crippen molar-refractivity contribution in [2.45, 2.75) is 25.8 Å². The van der Waals surface area contributed by atoms with Crippen LogP contribution in [0, 0.1) is 5.92 Å². The topological polar surface area (TPSA) is 118 Å². The van der Waals surface area contributed by atoms with Crippen molar-refractivity contribution in [2.75, 3.05) is 24.6 Å². The molecule has 0 radical (unpaired) electrons. The summed E-state index contributed by atoms with van der Waals surface area (Å²) >= 11 is 0. The van der Waals surface area contributed by atoms with Gasteiger partial charge in [-0.3, -0.25) is 0 Å². The summed E-state index contributed by atoms with van der Waals surface area (Å²) in [5.41, 5.74) is 5.50. The van der Waals surface area contributed by atoms with Gasteiger partial charge < -0.3 is 5.73 Å². The van der Waals surface area contributed by atoms with Gasteiger partial charge in [0.1, 0.15) is 0 Å². The molecule has 0 aromatic carbocycles. The standard InChI is InChI=1S/C9H21N3O4S2/c1-2-17(13,14)11-5-6-18(15,16)12-9(7-10)8-3-4-8/h8-9,11-12H,2-7,10H2,1H3. The lowest BCUT2D eigenvalue weighted by Crippen LogP contribution is -2.44. The lowest BCUT2D eigenvalue weighted by molar-refractivity contribution is 0.518. The van der Waals surface area contributed by atoms with Crippen LogP contribution in [0.15, 0.2) is 0 Å². The first-order valence-corrected chi connectivity index (χ1v) is 9.27. The van der Waals surface area contributed by atoms with Crippen LogP contribution in [0.25, 0.3) is 0 Å². The van der Waals surface area contributed by atoms with Gasteiger partial charge >= 0.3 is 0 Å². The molecule has 1 rings (SSSR count). The van der Waals surface area contributed by atoms with Gasteiger partial charge in [-0.25, -0.2) is 26.3 Å². The fourth-order valence-corrected chi connectivity index (χ4v) is 3.54. The zero-order valence-corrected chi connectivity index (χ0v) is 12.1. The molecule has 1 fully saturated rings. The van der Waals surface area contributed by atoms with Gasteiger partial charge in [0.2, 0.25) is 20.0 Å². The normalized spacial score (nSPS) is 18.8. The van der Waals surface area contributed by atoms with Crippen molar-refractivity contribution in [3.63, 3.8) is 0 Å². The van der Waals surface area contributed by atoms with Gasteiger partial charge in [0.05, 0.1) is 11.5 Å². The van der Waals surface area contributed by atoms with Gasteiger partial charge in [0, 0.05) is 19.1 Å². The van der Waals surface area contributed by atoms with Gasteiger partial charge in [-0.15, -0.1) is 0 Å². The molecule has 0 heterocycles. The van der Waals surface area contributed by atoms with Gasteiger partial charge in [0.15, 0.2) is 0 Å². The maximum absolute atomic E-state index is 11.7. The smallest absolute Gasteiger partial charge is 0.213 e. The molecule has 0 amide bonds. The fraction of sp³-hybridized carbons (Fsp3) is 1.00. The minimum absolute atomic E-state index is 0.0615. The first kappa shape index (κ1) is 15.8. The summed E-state index contributed by atoms with van der Waals surface area (Å²) in [6.07, 6.45) is 1.99. The summed E-state index contributed by atoms with van der Waals surface area (Å²) in [5.74, 6) is 0.000721. The van der Waals surface area contributed by atoms with Crippen molar-refractivity contribution >= 4 is 20.0 Å². The van der Waals surface area contributed by atoms with Gasteiger partial charge in [-0.1, -0.05) is 0 Å². The third-order valence-corrected chi connectivity index (χ3v) is 5.66. The van der Waals surface area contributed by atoms with Crippen LogP contribution >= 0.6 is 0 Å². The van der Waals surface area contributed by atoms with Crippen molar-refractivity contribution < 1.29 is 16.8 Å². The fourth-order valence-electron chi connectivity index (χ4n) is 1.56. The third-order valence-electron chi connectivity index (χ3n) is 2.85. The second kappa shape index (κ2) is 6.29. The minimum Gasteiger partial charge on any atom is -0.329 e. The molecule has 0 aromatic heterocycles. The molecule has 108 valence electrons. The van der Waals surface area contributed by atoms with Crippen LogP contribution in [0.3, 0.4) is 0 Å². The summed E-state index contributed by atoms with van der Waals surface area (Å²) in [7, 11) is -6.83. The van der Waals surface area contributed by atoms with Gasteiger partial charge in [-0.05, 0) is 25.7 Å². The number of nitrogens with one attached hydrogen (secondary N) is 2. The van der Waals surface area contributed by atoms with E-state index in [4.69, 9.17) is 5.73 Å². The zero-order valence-electron chi connectivity index (χ0n) is 10.4. The maximum Gasteiger partial charge on any atom is 0.213 e. The van der Waals surface area contributed by atoms with Crippen LogP contribution in [0.2, 0.25) is 0 Å². The molecule has 18 heavy (non-hydrogen) atoms. The highest BCUT2D eigenvalue weighted by Gasteiger charge is 2.32. The third kappa shape index (κ3) is 5.61. The molecule has 1 atom stereocenters. The Kier molecular flexibility index (Phi) is 5.53. The lowest BCUT2D eigenvalue weighted by Gasteiger charge is -2.16. The second-order valence-electron chi connectivity index (χ2n) is 4.41. The molecule has 0 saturated heterocycles. The van der Waals surface area contributed by atoms with Crippen molar-refractivity contribution in [3.8, 4) is 0 Å². The van der Waals surface area contributed by atoms with E-state index in [-0.39, 0.29) is 30.6 Å². The van der Waals surface area contributed by atoms with E-state index < -0.39 is 20.0 Å². The number of nitrogens with two attached hydrogens (primary N) is 1. The molecule has 4 N–H and O–H groups in total. The Morgan fingerprint density at radius 2 is 1.83 bits per heavy atom. The number of sulfonamides is 2. The zero-order chi connectivity index (χ0) is 13.8. The van der Waals surface area contributed by atoms with Gasteiger partial charge in [-0.2, -0.15) is 0 Å². The molecule has 1 aliphatic rings. The van der Waals surface area contributed by atoms with Crippen molar-refractivity contribution in [3.05, 3.63) is 0 Å². The average molecular weight is 299 g/mol. The Bertz CT molecular complexity index is 456. The Balaban J connectivity index is 2.39. The lowest BCUT2D eigenvalue weighted by atomic mass is 10.2. The highest BCUT2D eigenvalue weighted by molar-refractivity contribution is 7.90. The predicted molar refractivity (Wildman–Crippen MR) is 70.0 cm³/mol. The second-order valence-corrected chi connectivity index (χ2v) is 8.38. The Morgan fingerprint density at radius 1 is 1.22 bits per heavy atom. The highest BCUT2D eigenvalue weighted by atomic mass is 32.2. The van der Waals surface area contributed by atoms with E-state index in [1.54, 1.807) is 0 Å². The quantitative estimate of drug-likeness (QED) is 0.483. The van der Waals surface area contributed by atoms with E-state index in [9.17, 15) is 16.8 Å². The molecule has 1 aliphatic carbocycles. The minimum atomic E-state index is -3.49. The molecule has 0 aromatic rings. The van der Waals surface area contributed by atoms with Crippen molar-refractivity contribution in [1.82, 2.24) is 9.44 Å². The van der Waals surface area contributed by atoms with Crippen LogP contribution < -0.4 is 15.2 Å². The van der Waals surface area contributed by atoms with E-state index in [0.717, 1.165) is 12.8 Å². The molecule has 1 unspecified atom stereocenters. The summed E-state index contributed by atoms with van der Waals surface area (Å²) in [5, 5.41) is 0. The van der Waals surface area contributed by atoms with E-state index in [0.29, 0.717) is 5.92 Å². The van der Waals surface area contributed by atoms with Crippen LogP contribution in [0.4, 0.5) is 0 Å². The Morgan fingerprint density at radius 3 is 2.28 bits per heavy atom. The van der Waals surface area contributed by atoms with Crippen molar-refractivity contribution in [1.29, 1.82) is 0 Å². The maximum atomic E-state index is 11.7. The molecular weight excluding hydrogens is 278 g/mol. The number of hydrogen-bond donors (Lipinski definition) is 3. The van der Waals surface area contributed by atoms with Crippen LogP contribution in [-0.2, 0) is 20.0 Å². The largest absolute Gasteiger partial charge is 0.329 e. The SMILES string of the molecule is CCS(=O)(=O)NCCS(=O)(=O)NC(CN)C1CC1. The molecule has 7 nitrogen and oxygen atoms in total. The predicted octanol–water partition coefficient (Wildman–Crippen LogP) is -1.42. The van der Waals surface area contributed by atoms with Crippen LogP contribution in [-0.4, -0.2) is 47.5 Å². The summed E-state index contributed by atoms with van der Waals surface area (Å²) in [6.45, 7) is 1.64. The molecular formula is C9H21N3O4S2. The first-order valence-electron chi connectivity index (χ1n) is 5.97. The monoisotopic (exact) mass is 299 g/mol. The summed E-state index contributed by atoms with van der Waals surface area (Å²) in [4.78, 5) is 0. The van der Waals surface area contributed by atoms with E-state index >= 15 is 0 Å². The number of rotatable bonds is 9. The first-order chi connectivity index (χ1) is 8.29. The molecule has 9 heteroatoms. The highest BCUT2D eigenvalue weighted by Crippen LogP contribution is 2.32. The molecule has 1 saturated carbocycles.